The molecule has 2 aromatic rings. The molecular weight excluding hydrogens is 913 g/mol. The highest BCUT2D eigenvalue weighted by atomic mass is 32.2. The molecule has 0 bridgehead atoms. The van der Waals surface area contributed by atoms with E-state index in [1.165, 1.54) is 10.4 Å². The Balaban J connectivity index is 0.960. The molecule has 6 amide bonds. The van der Waals surface area contributed by atoms with Crippen molar-refractivity contribution in [3.05, 3.63) is 66.0 Å². The molecule has 8 rings (SSSR count). The minimum Gasteiger partial charge on any atom is -0.456 e. The summed E-state index contributed by atoms with van der Waals surface area (Å²) >= 11 is 1.83. The van der Waals surface area contributed by atoms with Gasteiger partial charge in [-0.1, -0.05) is 24.6 Å². The molecule has 4 N–H and O–H groups in total. The maximum atomic E-state index is 15.0. The van der Waals surface area contributed by atoms with Gasteiger partial charge in [-0.05, 0) is 69.2 Å². The number of unbranched alkanes of at least 4 members (excludes halogenated alkanes) is 2. The standard InChI is InChI=1S/C48H58N8O10S2/c1-53(2)29-18-20-31-37(26-29)65-38-27-30(54(3)4)19-21-32(38)44(31)33-12-5-7-16-40(33)68(63,64)55-25-11-14-36(55)46(60)50-34(47(61)66-56-42(58)22-23-43(56)59)13-9-10-24-49-41(57)17-8-6-15-39-45-35(28-67-39)51-48(62)52-45/h5,7,12,16,18-21,26-27,34-36,39,45H,6,8-11,13-15,17,22-25,28H2,1-4H3,(H3-,49,50,51,52,57,60,62)/p+1. The highest BCUT2D eigenvalue weighted by Crippen LogP contribution is 2.44. The normalized spacial score (nSPS) is 20.9. The van der Waals surface area contributed by atoms with Gasteiger partial charge in [0.1, 0.15) is 37.5 Å². The molecule has 6 aliphatic rings. The lowest BCUT2D eigenvalue weighted by Gasteiger charge is -2.27. The number of urea groups is 1. The Labute approximate surface area is 399 Å². The van der Waals surface area contributed by atoms with E-state index in [1.54, 1.807) is 18.2 Å². The van der Waals surface area contributed by atoms with Crippen LogP contribution in [0.5, 0.6) is 0 Å². The van der Waals surface area contributed by atoms with Gasteiger partial charge >= 0.3 is 12.0 Å². The van der Waals surface area contributed by atoms with Crippen LogP contribution in [0.1, 0.15) is 70.6 Å². The van der Waals surface area contributed by atoms with Gasteiger partial charge in [-0.15, -0.1) is 5.06 Å². The molecule has 2 aromatic carbocycles. The second-order valence-electron chi connectivity index (χ2n) is 18.2. The highest BCUT2D eigenvalue weighted by Gasteiger charge is 2.44. The quantitative estimate of drug-likeness (QED) is 0.0370. The van der Waals surface area contributed by atoms with Gasteiger partial charge in [-0.3, -0.25) is 19.2 Å². The van der Waals surface area contributed by atoms with Crippen molar-refractivity contribution in [2.75, 3.05) is 51.9 Å². The predicted octanol–water partition coefficient (Wildman–Crippen LogP) is 3.56. The number of rotatable bonds is 18. The zero-order valence-corrected chi connectivity index (χ0v) is 40.4. The second-order valence-corrected chi connectivity index (χ2v) is 21.3. The lowest BCUT2D eigenvalue weighted by Crippen LogP contribution is -2.52. The van der Waals surface area contributed by atoms with Crippen molar-refractivity contribution >= 4 is 74.1 Å². The van der Waals surface area contributed by atoms with Crippen LogP contribution in [-0.4, -0.2) is 130 Å². The van der Waals surface area contributed by atoms with E-state index in [4.69, 9.17) is 9.25 Å². The summed E-state index contributed by atoms with van der Waals surface area (Å²) in [5, 5.41) is 13.9. The van der Waals surface area contributed by atoms with Crippen molar-refractivity contribution in [1.29, 1.82) is 0 Å². The zero-order chi connectivity index (χ0) is 48.3. The molecule has 68 heavy (non-hydrogen) atoms. The predicted molar refractivity (Wildman–Crippen MR) is 257 cm³/mol. The molecule has 18 nitrogen and oxygen atoms in total. The number of hydrogen-bond acceptors (Lipinski definition) is 12. The van der Waals surface area contributed by atoms with Crippen molar-refractivity contribution in [2.45, 2.75) is 105 Å². The number of carbonyl (C=O) groups excluding carboxylic acids is 6. The van der Waals surface area contributed by atoms with E-state index in [9.17, 15) is 28.8 Å². The largest absolute Gasteiger partial charge is 0.456 e. The minimum absolute atomic E-state index is 0.00601. The summed E-state index contributed by atoms with van der Waals surface area (Å²) in [6.45, 7) is 0.347. The number of benzene rings is 3. The summed E-state index contributed by atoms with van der Waals surface area (Å²) in [6, 6.07) is 15.9. The maximum absolute atomic E-state index is 15.0. The van der Waals surface area contributed by atoms with Crippen LogP contribution < -0.4 is 36.1 Å². The Morgan fingerprint density at radius 1 is 0.956 bits per heavy atom. The molecule has 20 heteroatoms. The van der Waals surface area contributed by atoms with Crippen molar-refractivity contribution in [3.8, 4) is 22.5 Å². The van der Waals surface area contributed by atoms with E-state index in [1.807, 2.05) is 85.8 Å². The van der Waals surface area contributed by atoms with Crippen LogP contribution in [-0.2, 0) is 38.8 Å². The first kappa shape index (κ1) is 48.5. The third kappa shape index (κ3) is 10.4. The Kier molecular flexibility index (Phi) is 14.8. The lowest BCUT2D eigenvalue weighted by atomic mass is 9.93. The molecular formula is C48H59N8O10S2+. The van der Waals surface area contributed by atoms with Crippen molar-refractivity contribution < 1.29 is 46.4 Å². The third-order valence-corrected chi connectivity index (χ3v) is 16.6. The fraction of sp³-hybridized carbons (Fsp3) is 0.479. The minimum atomic E-state index is -4.38. The summed E-state index contributed by atoms with van der Waals surface area (Å²) in [7, 11) is 3.32. The summed E-state index contributed by atoms with van der Waals surface area (Å²) in [6.07, 6.45) is 3.88. The SMILES string of the molecule is CN(C)c1ccc2c(-c3ccccc3S(=O)(=O)N3CCCC3C(=O)NC(CCCCNC(=O)CCCCC3SCC4NC(=O)NC43)C(=O)ON3C(=O)CCC3=O)c3ccc(=[N+](C)C)cc-3oc2c1. The molecule has 362 valence electrons. The molecule has 0 aromatic heterocycles. The number of sulfonamides is 1. The number of imide groups is 1. The number of hydroxylamine groups is 2. The summed E-state index contributed by atoms with van der Waals surface area (Å²) < 4.78 is 39.6. The molecule has 1 aliphatic carbocycles. The number of fused-ring (bicyclic) bond motifs is 3. The molecule has 4 saturated heterocycles. The lowest BCUT2D eigenvalue weighted by molar-refractivity contribution is -0.199. The second kappa shape index (κ2) is 20.7. The monoisotopic (exact) mass is 971 g/mol. The van der Waals surface area contributed by atoms with Gasteiger partial charge in [-0.25, -0.2) is 22.6 Å². The number of thioether (sulfide) groups is 1. The summed E-state index contributed by atoms with van der Waals surface area (Å²) in [5.74, 6) is -1.80. The van der Waals surface area contributed by atoms with E-state index in [-0.39, 0.29) is 61.1 Å². The fourth-order valence-electron chi connectivity index (χ4n) is 9.42. The van der Waals surface area contributed by atoms with Crippen LogP contribution in [0, 0.1) is 0 Å². The molecule has 0 spiro atoms. The van der Waals surface area contributed by atoms with E-state index in [2.05, 4.69) is 21.3 Å². The first-order valence-electron chi connectivity index (χ1n) is 23.2. The van der Waals surface area contributed by atoms with Crippen molar-refractivity contribution in [1.82, 2.24) is 35.2 Å². The van der Waals surface area contributed by atoms with E-state index < -0.39 is 45.8 Å². The van der Waals surface area contributed by atoms with Crippen LogP contribution in [0.2, 0.25) is 0 Å². The number of anilines is 1. The Morgan fingerprint density at radius 3 is 2.50 bits per heavy atom. The Morgan fingerprint density at radius 2 is 1.74 bits per heavy atom. The molecule has 5 heterocycles. The molecule has 4 fully saturated rings. The van der Waals surface area contributed by atoms with Crippen LogP contribution in [0.25, 0.3) is 33.4 Å². The molecule has 0 saturated carbocycles. The number of amides is 6. The van der Waals surface area contributed by atoms with Crippen LogP contribution in [0.15, 0.2) is 70.0 Å². The first-order chi connectivity index (χ1) is 32.6. The van der Waals surface area contributed by atoms with Crippen LogP contribution in [0.4, 0.5) is 10.5 Å². The number of carbonyl (C=O) groups is 6. The average molecular weight is 972 g/mol. The molecule has 0 radical (unpaired) electrons. The van der Waals surface area contributed by atoms with Gasteiger partial charge in [0.05, 0.1) is 23.0 Å². The number of nitrogens with zero attached hydrogens (tertiary/aromatic N) is 4. The van der Waals surface area contributed by atoms with Gasteiger partial charge in [0.15, 0.2) is 0 Å². The highest BCUT2D eigenvalue weighted by molar-refractivity contribution is 8.00. The average Bonchev–Trinajstić information content (AvgIpc) is 4.12. The molecule has 5 aliphatic heterocycles. The summed E-state index contributed by atoms with van der Waals surface area (Å²) in [4.78, 5) is 84.3. The van der Waals surface area contributed by atoms with E-state index in [0.717, 1.165) is 29.6 Å². The number of nitrogens with one attached hydrogen (secondary N) is 4. The first-order valence-corrected chi connectivity index (χ1v) is 25.7. The zero-order valence-electron chi connectivity index (χ0n) is 38.7. The van der Waals surface area contributed by atoms with E-state index >= 15 is 8.42 Å². The van der Waals surface area contributed by atoms with Gasteiger partial charge < -0.3 is 35.4 Å². The number of hydrogen-bond donors (Lipinski definition) is 4. The Bertz CT molecular complexity index is 2760. The van der Waals surface area contributed by atoms with Gasteiger partial charge in [0, 0.05) is 97.3 Å². The Hall–Kier alpha value is -5.99. The maximum Gasteiger partial charge on any atom is 0.355 e. The van der Waals surface area contributed by atoms with Crippen molar-refractivity contribution in [3.63, 3.8) is 0 Å². The van der Waals surface area contributed by atoms with Gasteiger partial charge in [0.25, 0.3) is 11.8 Å². The molecule has 5 atom stereocenters. The van der Waals surface area contributed by atoms with Crippen LogP contribution in [0.3, 0.4) is 0 Å². The van der Waals surface area contributed by atoms with Crippen LogP contribution >= 0.6 is 11.8 Å². The molecule has 5 unspecified atom stereocenters. The van der Waals surface area contributed by atoms with Gasteiger partial charge in [0.2, 0.25) is 27.2 Å². The van der Waals surface area contributed by atoms with Gasteiger partial charge in [-0.2, -0.15) is 16.1 Å². The fourth-order valence-corrected chi connectivity index (χ4v) is 12.8. The third-order valence-electron chi connectivity index (χ3n) is 13.1. The topological polar surface area (TPSA) is 220 Å². The summed E-state index contributed by atoms with van der Waals surface area (Å²) in [5.41, 5.74) is 3.22. The smallest absolute Gasteiger partial charge is 0.355 e. The van der Waals surface area contributed by atoms with E-state index in [0.29, 0.717) is 82.4 Å². The van der Waals surface area contributed by atoms with Crippen molar-refractivity contribution in [2.24, 2.45) is 0 Å².